The molecule has 4 rings (SSSR count). The molecule has 0 aromatic heterocycles. The van der Waals surface area contributed by atoms with Gasteiger partial charge in [-0.1, -0.05) is 91.0 Å². The van der Waals surface area contributed by atoms with Crippen LogP contribution in [0.25, 0.3) is 0 Å². The summed E-state index contributed by atoms with van der Waals surface area (Å²) in [4.78, 5) is 12.3. The zero-order chi connectivity index (χ0) is 19.2. The summed E-state index contributed by atoms with van der Waals surface area (Å²) in [7, 11) is 0. The molecule has 0 radical (unpaired) electrons. The number of benzene rings is 4. The number of carbonyl (C=O) groups is 1. The normalized spacial score (nSPS) is 10.6. The predicted octanol–water partition coefficient (Wildman–Crippen LogP) is 6.09. The molecule has 0 aliphatic rings. The van der Waals surface area contributed by atoms with Crippen molar-refractivity contribution in [3.05, 3.63) is 138 Å². The molecule has 0 bridgehead atoms. The van der Waals surface area contributed by atoms with Crippen molar-refractivity contribution < 1.29 is 9.53 Å². The average Bonchev–Trinajstić information content (AvgIpc) is 2.77. The molecule has 0 spiro atoms. The Balaban J connectivity index is 1.61. The standard InChI is InChI=1S/C26H20O2/c27-26(23-14-8-3-9-15-23)28-24-18-16-22(17-19-24)25(20-10-4-1-5-11-20)21-12-6-2-7-13-21/h1-19,25H. The van der Waals surface area contributed by atoms with Crippen LogP contribution in [0, 0.1) is 0 Å². The fourth-order valence-electron chi connectivity index (χ4n) is 3.34. The summed E-state index contributed by atoms with van der Waals surface area (Å²) < 4.78 is 5.51. The first-order valence-corrected chi connectivity index (χ1v) is 9.28. The first kappa shape index (κ1) is 17.7. The quantitative estimate of drug-likeness (QED) is 0.243. The third-order valence-electron chi connectivity index (χ3n) is 4.70. The van der Waals surface area contributed by atoms with Gasteiger partial charge in [0.1, 0.15) is 5.75 Å². The lowest BCUT2D eigenvalue weighted by atomic mass is 9.85. The van der Waals surface area contributed by atoms with Gasteiger partial charge in [-0.3, -0.25) is 0 Å². The number of hydrogen-bond donors (Lipinski definition) is 0. The largest absolute Gasteiger partial charge is 0.423 e. The van der Waals surface area contributed by atoms with Gasteiger partial charge < -0.3 is 4.74 Å². The van der Waals surface area contributed by atoms with Crippen LogP contribution >= 0.6 is 0 Å². The van der Waals surface area contributed by atoms with Crippen molar-refractivity contribution in [1.82, 2.24) is 0 Å². The molecule has 0 unspecified atom stereocenters. The Morgan fingerprint density at radius 2 is 0.964 bits per heavy atom. The van der Waals surface area contributed by atoms with Crippen molar-refractivity contribution >= 4 is 5.97 Å². The van der Waals surface area contributed by atoms with Crippen LogP contribution in [0.5, 0.6) is 5.75 Å². The van der Waals surface area contributed by atoms with Crippen molar-refractivity contribution in [2.75, 3.05) is 0 Å². The Bertz CT molecular complexity index is 985. The molecule has 0 heterocycles. The van der Waals surface area contributed by atoms with Gasteiger partial charge in [0.25, 0.3) is 0 Å². The van der Waals surface area contributed by atoms with E-state index in [1.54, 1.807) is 12.1 Å². The Morgan fingerprint density at radius 1 is 0.536 bits per heavy atom. The third kappa shape index (κ3) is 4.02. The number of ether oxygens (including phenoxy) is 1. The summed E-state index contributed by atoms with van der Waals surface area (Å²) in [5.74, 6) is 0.315. The molecule has 0 saturated heterocycles. The summed E-state index contributed by atoms with van der Waals surface area (Å²) in [5, 5.41) is 0. The average molecular weight is 364 g/mol. The summed E-state index contributed by atoms with van der Waals surface area (Å²) in [6.07, 6.45) is 0. The van der Waals surface area contributed by atoms with Crippen LogP contribution in [0.15, 0.2) is 115 Å². The Hall–Kier alpha value is -3.65. The summed E-state index contributed by atoms with van der Waals surface area (Å²) >= 11 is 0. The molecule has 4 aromatic carbocycles. The van der Waals surface area contributed by atoms with Gasteiger partial charge in [-0.05, 0) is 41.0 Å². The van der Waals surface area contributed by atoms with Crippen molar-refractivity contribution in [1.29, 1.82) is 0 Å². The van der Waals surface area contributed by atoms with E-state index in [-0.39, 0.29) is 11.9 Å². The van der Waals surface area contributed by atoms with E-state index in [1.807, 2.05) is 54.6 Å². The second-order valence-electron chi connectivity index (χ2n) is 6.58. The fourth-order valence-corrected chi connectivity index (χ4v) is 3.34. The lowest BCUT2D eigenvalue weighted by Crippen LogP contribution is -2.08. The number of carbonyl (C=O) groups excluding carboxylic acids is 1. The highest BCUT2D eigenvalue weighted by Crippen LogP contribution is 2.32. The highest BCUT2D eigenvalue weighted by molar-refractivity contribution is 5.90. The van der Waals surface area contributed by atoms with Gasteiger partial charge in [-0.15, -0.1) is 0 Å². The maximum atomic E-state index is 12.3. The van der Waals surface area contributed by atoms with Crippen LogP contribution in [0.1, 0.15) is 33.0 Å². The van der Waals surface area contributed by atoms with Crippen LogP contribution in [-0.4, -0.2) is 5.97 Å². The van der Waals surface area contributed by atoms with E-state index in [0.717, 1.165) is 5.56 Å². The fraction of sp³-hybridized carbons (Fsp3) is 0.0385. The first-order valence-electron chi connectivity index (χ1n) is 9.28. The van der Waals surface area contributed by atoms with E-state index >= 15 is 0 Å². The lowest BCUT2D eigenvalue weighted by Gasteiger charge is -2.19. The Morgan fingerprint density at radius 3 is 1.46 bits per heavy atom. The van der Waals surface area contributed by atoms with E-state index in [0.29, 0.717) is 11.3 Å². The van der Waals surface area contributed by atoms with Gasteiger partial charge in [0.2, 0.25) is 0 Å². The molecule has 2 heteroatoms. The van der Waals surface area contributed by atoms with E-state index in [9.17, 15) is 4.79 Å². The molecule has 2 nitrogen and oxygen atoms in total. The molecule has 0 amide bonds. The highest BCUT2D eigenvalue weighted by Gasteiger charge is 2.16. The minimum atomic E-state index is -0.351. The molecular formula is C26H20O2. The molecular weight excluding hydrogens is 344 g/mol. The zero-order valence-electron chi connectivity index (χ0n) is 15.4. The molecule has 28 heavy (non-hydrogen) atoms. The summed E-state index contributed by atoms with van der Waals surface area (Å²) in [6.45, 7) is 0. The van der Waals surface area contributed by atoms with E-state index < -0.39 is 0 Å². The summed E-state index contributed by atoms with van der Waals surface area (Å²) in [5.41, 5.74) is 4.14. The molecule has 0 N–H and O–H groups in total. The van der Waals surface area contributed by atoms with Crippen LogP contribution in [0.2, 0.25) is 0 Å². The molecule has 0 aliphatic heterocycles. The Labute approximate surface area is 165 Å². The van der Waals surface area contributed by atoms with Gasteiger partial charge in [-0.2, -0.15) is 0 Å². The minimum absolute atomic E-state index is 0.126. The van der Waals surface area contributed by atoms with Crippen molar-refractivity contribution in [3.63, 3.8) is 0 Å². The highest BCUT2D eigenvalue weighted by atomic mass is 16.5. The van der Waals surface area contributed by atoms with Crippen LogP contribution < -0.4 is 4.74 Å². The molecule has 0 saturated carbocycles. The monoisotopic (exact) mass is 364 g/mol. The van der Waals surface area contributed by atoms with Crippen LogP contribution in [0.4, 0.5) is 0 Å². The van der Waals surface area contributed by atoms with Gasteiger partial charge in [0.05, 0.1) is 5.56 Å². The molecule has 0 atom stereocenters. The molecule has 4 aromatic rings. The van der Waals surface area contributed by atoms with Crippen molar-refractivity contribution in [2.24, 2.45) is 0 Å². The van der Waals surface area contributed by atoms with E-state index in [1.165, 1.54) is 11.1 Å². The smallest absolute Gasteiger partial charge is 0.343 e. The lowest BCUT2D eigenvalue weighted by molar-refractivity contribution is 0.0734. The maximum Gasteiger partial charge on any atom is 0.343 e. The van der Waals surface area contributed by atoms with Gasteiger partial charge in [-0.25, -0.2) is 4.79 Å². The first-order chi connectivity index (χ1) is 13.8. The molecule has 0 aliphatic carbocycles. The van der Waals surface area contributed by atoms with Crippen molar-refractivity contribution in [3.8, 4) is 5.75 Å². The van der Waals surface area contributed by atoms with E-state index in [4.69, 9.17) is 4.74 Å². The molecule has 0 fully saturated rings. The van der Waals surface area contributed by atoms with Gasteiger partial charge in [0.15, 0.2) is 0 Å². The third-order valence-corrected chi connectivity index (χ3v) is 4.70. The topological polar surface area (TPSA) is 26.3 Å². The minimum Gasteiger partial charge on any atom is -0.423 e. The molecule has 136 valence electrons. The predicted molar refractivity (Wildman–Crippen MR) is 112 cm³/mol. The number of hydrogen-bond acceptors (Lipinski definition) is 2. The maximum absolute atomic E-state index is 12.3. The number of rotatable bonds is 5. The summed E-state index contributed by atoms with van der Waals surface area (Å²) in [6, 6.07) is 37.6. The second-order valence-corrected chi connectivity index (χ2v) is 6.58. The van der Waals surface area contributed by atoms with Crippen LogP contribution in [0.3, 0.4) is 0 Å². The van der Waals surface area contributed by atoms with Crippen molar-refractivity contribution in [2.45, 2.75) is 5.92 Å². The SMILES string of the molecule is O=C(Oc1ccc(C(c2ccccc2)c2ccccc2)cc1)c1ccccc1. The van der Waals surface area contributed by atoms with E-state index in [2.05, 4.69) is 48.5 Å². The zero-order valence-corrected chi connectivity index (χ0v) is 15.4. The van der Waals surface area contributed by atoms with Gasteiger partial charge >= 0.3 is 5.97 Å². The second kappa shape index (κ2) is 8.36. The van der Waals surface area contributed by atoms with Crippen LogP contribution in [-0.2, 0) is 0 Å². The Kier molecular flexibility index (Phi) is 5.30. The van der Waals surface area contributed by atoms with Gasteiger partial charge in [0, 0.05) is 5.92 Å². The number of esters is 1.